The highest BCUT2D eigenvalue weighted by Crippen LogP contribution is 2.29. The first kappa shape index (κ1) is 21.1. The van der Waals surface area contributed by atoms with Gasteiger partial charge in [0, 0.05) is 42.4 Å². The van der Waals surface area contributed by atoms with Crippen LogP contribution in [0.15, 0.2) is 36.5 Å². The molecule has 1 saturated carbocycles. The smallest absolute Gasteiger partial charge is 0.0722 e. The second kappa shape index (κ2) is 10.8. The van der Waals surface area contributed by atoms with Crippen LogP contribution in [0, 0.1) is 5.92 Å². The number of pyridine rings is 1. The number of anilines is 1. The lowest BCUT2D eigenvalue weighted by Crippen LogP contribution is -2.47. The van der Waals surface area contributed by atoms with E-state index in [0.29, 0.717) is 18.0 Å². The normalized spacial score (nSPS) is 16.6. The molecule has 0 saturated heterocycles. The van der Waals surface area contributed by atoms with E-state index in [1.54, 1.807) is 0 Å². The molecule has 1 atom stereocenters. The van der Waals surface area contributed by atoms with E-state index < -0.39 is 0 Å². The minimum atomic E-state index is 0.527. The maximum atomic E-state index is 4.60. The summed E-state index contributed by atoms with van der Waals surface area (Å²) in [6.07, 6.45) is 12.6. The average molecular weight is 382 g/mol. The Balaban J connectivity index is 1.85. The largest absolute Gasteiger partial charge is 0.367 e. The van der Waals surface area contributed by atoms with E-state index in [9.17, 15) is 0 Å². The van der Waals surface area contributed by atoms with Crippen molar-refractivity contribution in [3.8, 4) is 0 Å². The third kappa shape index (κ3) is 5.70. The molecule has 1 aromatic heterocycles. The SMILES string of the molecule is CCCCN(c1ccnc2ccccc12)C(CNC1CCCCC1)CC(C)C. The molecule has 2 aromatic rings. The van der Waals surface area contributed by atoms with Gasteiger partial charge < -0.3 is 10.2 Å². The Morgan fingerprint density at radius 3 is 2.64 bits per heavy atom. The van der Waals surface area contributed by atoms with Gasteiger partial charge in [0.15, 0.2) is 0 Å². The molecule has 154 valence electrons. The number of para-hydroxylation sites is 1. The molecule has 3 rings (SSSR count). The molecule has 0 aliphatic heterocycles. The zero-order valence-electron chi connectivity index (χ0n) is 18.2. The maximum absolute atomic E-state index is 4.60. The third-order valence-electron chi connectivity index (χ3n) is 6.12. The summed E-state index contributed by atoms with van der Waals surface area (Å²) in [5, 5.41) is 5.23. The van der Waals surface area contributed by atoms with E-state index in [4.69, 9.17) is 0 Å². The van der Waals surface area contributed by atoms with Gasteiger partial charge >= 0.3 is 0 Å². The first-order valence-corrected chi connectivity index (χ1v) is 11.5. The number of hydrogen-bond acceptors (Lipinski definition) is 3. The second-order valence-electron chi connectivity index (χ2n) is 8.92. The Labute approximate surface area is 171 Å². The van der Waals surface area contributed by atoms with Gasteiger partial charge in [0.2, 0.25) is 0 Å². The van der Waals surface area contributed by atoms with E-state index in [2.05, 4.69) is 66.3 Å². The highest BCUT2D eigenvalue weighted by atomic mass is 15.2. The minimum Gasteiger partial charge on any atom is -0.367 e. The third-order valence-corrected chi connectivity index (χ3v) is 6.12. The topological polar surface area (TPSA) is 28.2 Å². The summed E-state index contributed by atoms with van der Waals surface area (Å²) in [5.74, 6) is 0.690. The molecule has 28 heavy (non-hydrogen) atoms. The van der Waals surface area contributed by atoms with Crippen LogP contribution in [-0.2, 0) is 0 Å². The van der Waals surface area contributed by atoms with Crippen LogP contribution in [0.25, 0.3) is 10.9 Å². The van der Waals surface area contributed by atoms with Crippen LogP contribution in [-0.4, -0.2) is 30.2 Å². The number of nitrogens with one attached hydrogen (secondary N) is 1. The van der Waals surface area contributed by atoms with Gasteiger partial charge in [-0.3, -0.25) is 4.98 Å². The van der Waals surface area contributed by atoms with Gasteiger partial charge in [-0.05, 0) is 43.7 Å². The number of unbranched alkanes of at least 4 members (excludes halogenated alkanes) is 1. The highest BCUT2D eigenvalue weighted by molar-refractivity contribution is 5.91. The van der Waals surface area contributed by atoms with Gasteiger partial charge in [0.05, 0.1) is 5.52 Å². The second-order valence-corrected chi connectivity index (χ2v) is 8.92. The molecule has 0 radical (unpaired) electrons. The van der Waals surface area contributed by atoms with Crippen molar-refractivity contribution in [3.05, 3.63) is 36.5 Å². The number of fused-ring (bicyclic) bond motifs is 1. The van der Waals surface area contributed by atoms with E-state index in [1.165, 1.54) is 62.4 Å². The van der Waals surface area contributed by atoms with Gasteiger partial charge in [-0.25, -0.2) is 0 Å². The monoisotopic (exact) mass is 381 g/mol. The zero-order valence-corrected chi connectivity index (χ0v) is 18.2. The number of benzene rings is 1. The predicted octanol–water partition coefficient (Wildman–Crippen LogP) is 6.18. The van der Waals surface area contributed by atoms with E-state index in [0.717, 1.165) is 18.6 Å². The van der Waals surface area contributed by atoms with Crippen LogP contribution in [0.2, 0.25) is 0 Å². The molecule has 1 aliphatic carbocycles. The number of rotatable bonds is 10. The Morgan fingerprint density at radius 1 is 1.11 bits per heavy atom. The van der Waals surface area contributed by atoms with Crippen LogP contribution < -0.4 is 10.2 Å². The van der Waals surface area contributed by atoms with Crippen LogP contribution in [0.1, 0.15) is 72.1 Å². The fraction of sp³-hybridized carbons (Fsp3) is 0.640. The van der Waals surface area contributed by atoms with Gasteiger partial charge in [-0.15, -0.1) is 0 Å². The summed E-state index contributed by atoms with van der Waals surface area (Å²) in [7, 11) is 0. The van der Waals surface area contributed by atoms with Crippen molar-refractivity contribution in [3.63, 3.8) is 0 Å². The molecule has 1 heterocycles. The quantitative estimate of drug-likeness (QED) is 0.533. The van der Waals surface area contributed by atoms with Crippen molar-refractivity contribution in [2.24, 2.45) is 5.92 Å². The predicted molar refractivity (Wildman–Crippen MR) is 122 cm³/mol. The van der Waals surface area contributed by atoms with E-state index >= 15 is 0 Å². The van der Waals surface area contributed by atoms with Crippen LogP contribution >= 0.6 is 0 Å². The molecular formula is C25H39N3. The molecule has 0 amide bonds. The first-order chi connectivity index (χ1) is 13.7. The van der Waals surface area contributed by atoms with E-state index in [-0.39, 0.29) is 0 Å². The highest BCUT2D eigenvalue weighted by Gasteiger charge is 2.23. The molecule has 1 fully saturated rings. The standard InChI is InChI=1S/C25H39N3/c1-4-5-17-28(25-15-16-26-24-14-10-9-13-23(24)25)22(18-20(2)3)19-27-21-11-7-6-8-12-21/h9-10,13-16,20-22,27H,4-8,11-12,17-19H2,1-3H3. The van der Waals surface area contributed by atoms with E-state index in [1.807, 2.05) is 6.20 Å². The van der Waals surface area contributed by atoms with Gasteiger partial charge in [-0.1, -0.05) is 64.7 Å². The van der Waals surface area contributed by atoms with Crippen molar-refractivity contribution >= 4 is 16.6 Å². The summed E-state index contributed by atoms with van der Waals surface area (Å²) < 4.78 is 0. The Kier molecular flexibility index (Phi) is 8.14. The molecule has 1 N–H and O–H groups in total. The minimum absolute atomic E-state index is 0.527. The summed E-state index contributed by atoms with van der Waals surface area (Å²) in [6.45, 7) is 9.21. The number of hydrogen-bond donors (Lipinski definition) is 1. The summed E-state index contributed by atoms with van der Waals surface area (Å²) >= 11 is 0. The lowest BCUT2D eigenvalue weighted by atomic mass is 9.94. The fourth-order valence-electron chi connectivity index (χ4n) is 4.63. The Hall–Kier alpha value is -1.61. The van der Waals surface area contributed by atoms with Crippen molar-refractivity contribution < 1.29 is 0 Å². The molecule has 0 bridgehead atoms. The van der Waals surface area contributed by atoms with Crippen LogP contribution in [0.3, 0.4) is 0 Å². The number of nitrogens with zero attached hydrogens (tertiary/aromatic N) is 2. The van der Waals surface area contributed by atoms with Crippen LogP contribution in [0.5, 0.6) is 0 Å². The van der Waals surface area contributed by atoms with Crippen molar-refractivity contribution in [2.75, 3.05) is 18.0 Å². The van der Waals surface area contributed by atoms with Crippen molar-refractivity contribution in [1.82, 2.24) is 10.3 Å². The molecule has 1 aliphatic rings. The first-order valence-electron chi connectivity index (χ1n) is 11.5. The van der Waals surface area contributed by atoms with Gasteiger partial charge in [0.25, 0.3) is 0 Å². The fourth-order valence-corrected chi connectivity index (χ4v) is 4.63. The molecule has 3 nitrogen and oxygen atoms in total. The van der Waals surface area contributed by atoms with Gasteiger partial charge in [0.1, 0.15) is 0 Å². The number of aromatic nitrogens is 1. The van der Waals surface area contributed by atoms with Crippen LogP contribution in [0.4, 0.5) is 5.69 Å². The molecule has 3 heteroatoms. The maximum Gasteiger partial charge on any atom is 0.0722 e. The van der Waals surface area contributed by atoms with Crippen molar-refractivity contribution in [2.45, 2.75) is 84.2 Å². The molecular weight excluding hydrogens is 342 g/mol. The molecule has 1 aromatic carbocycles. The lowest BCUT2D eigenvalue weighted by molar-refractivity contribution is 0.347. The lowest BCUT2D eigenvalue weighted by Gasteiger charge is -2.37. The summed E-state index contributed by atoms with van der Waals surface area (Å²) in [5.41, 5.74) is 2.46. The average Bonchev–Trinajstić information content (AvgIpc) is 2.72. The van der Waals surface area contributed by atoms with Gasteiger partial charge in [-0.2, -0.15) is 0 Å². The van der Waals surface area contributed by atoms with Crippen molar-refractivity contribution in [1.29, 1.82) is 0 Å². The molecule has 1 unspecified atom stereocenters. The zero-order chi connectivity index (χ0) is 19.8. The Morgan fingerprint density at radius 2 is 1.89 bits per heavy atom. The molecule has 0 spiro atoms. The summed E-state index contributed by atoms with van der Waals surface area (Å²) in [6, 6.07) is 12.1. The summed E-state index contributed by atoms with van der Waals surface area (Å²) in [4.78, 5) is 7.29. The Bertz CT molecular complexity index is 701.